The second kappa shape index (κ2) is 12.2. The van der Waals surface area contributed by atoms with Crippen molar-refractivity contribution in [1.82, 2.24) is 24.7 Å². The van der Waals surface area contributed by atoms with Crippen molar-refractivity contribution in [2.45, 2.75) is 37.4 Å². The van der Waals surface area contributed by atoms with Crippen molar-refractivity contribution < 1.29 is 32.1 Å². The molecule has 2 aromatic heterocycles. The standard InChI is InChI=1S/C23H29ClN6O7S/c1-14(21(35-4)22-25-10-15(24)11-26-22)38(31,32)29-23-28-27-19(13-37-16-8-9-36-12-16)30(23)20-17(33-2)6-5-7-18(20)34-3/h5-7,10-11,14,16,21H,8-9,12-13H2,1-4H3,(H,28,29). The van der Waals surface area contributed by atoms with E-state index in [1.807, 2.05) is 0 Å². The Morgan fingerprint density at radius 1 is 1.16 bits per heavy atom. The van der Waals surface area contributed by atoms with Crippen LogP contribution in [0.4, 0.5) is 5.95 Å². The van der Waals surface area contributed by atoms with Gasteiger partial charge in [-0.1, -0.05) is 17.7 Å². The van der Waals surface area contributed by atoms with Crippen LogP contribution in [-0.4, -0.2) is 79.0 Å². The van der Waals surface area contributed by atoms with Crippen LogP contribution in [-0.2, 0) is 30.8 Å². The number of nitrogens with zero attached hydrogens (tertiary/aromatic N) is 5. The van der Waals surface area contributed by atoms with E-state index in [4.69, 9.17) is 35.3 Å². The zero-order chi connectivity index (χ0) is 27.3. The average Bonchev–Trinajstić information content (AvgIpc) is 3.58. The summed E-state index contributed by atoms with van der Waals surface area (Å²) in [6, 6.07) is 5.18. The Balaban J connectivity index is 1.72. The number of hydrogen-bond acceptors (Lipinski definition) is 11. The predicted molar refractivity (Wildman–Crippen MR) is 137 cm³/mol. The SMILES string of the molecule is COc1cccc(OC)c1-n1c(COC2CCOC2)nnc1NS(=O)(=O)C(C)C(OC)c1ncc(Cl)cn1. The minimum Gasteiger partial charge on any atom is -0.494 e. The van der Waals surface area contributed by atoms with Crippen LogP contribution >= 0.6 is 11.6 Å². The molecule has 0 aliphatic carbocycles. The fourth-order valence-electron chi connectivity index (χ4n) is 3.96. The van der Waals surface area contributed by atoms with Gasteiger partial charge in [-0.15, -0.1) is 10.2 Å². The van der Waals surface area contributed by atoms with E-state index in [-0.39, 0.29) is 24.5 Å². The maximum atomic E-state index is 13.5. The molecule has 0 bridgehead atoms. The second-order valence-electron chi connectivity index (χ2n) is 8.35. The summed E-state index contributed by atoms with van der Waals surface area (Å²) in [6.07, 6.45) is 2.38. The number of hydrogen-bond donors (Lipinski definition) is 1. The third-order valence-electron chi connectivity index (χ3n) is 5.99. The molecule has 4 rings (SSSR count). The quantitative estimate of drug-likeness (QED) is 0.343. The van der Waals surface area contributed by atoms with E-state index in [0.29, 0.717) is 41.2 Å². The van der Waals surface area contributed by atoms with Gasteiger partial charge in [0, 0.05) is 26.1 Å². The summed E-state index contributed by atoms with van der Waals surface area (Å²) in [5, 5.41) is 7.54. The van der Waals surface area contributed by atoms with Crippen molar-refractivity contribution in [3.05, 3.63) is 47.3 Å². The minimum atomic E-state index is -4.12. The topological polar surface area (TPSA) is 149 Å². The van der Waals surface area contributed by atoms with E-state index in [1.54, 1.807) is 18.2 Å². The summed E-state index contributed by atoms with van der Waals surface area (Å²) < 4.78 is 59.0. The van der Waals surface area contributed by atoms with E-state index in [0.717, 1.165) is 6.42 Å². The molecule has 38 heavy (non-hydrogen) atoms. The Kier molecular flexibility index (Phi) is 8.99. The van der Waals surface area contributed by atoms with Crippen LogP contribution in [0.5, 0.6) is 11.5 Å². The van der Waals surface area contributed by atoms with E-state index < -0.39 is 21.4 Å². The molecule has 206 valence electrons. The molecular weight excluding hydrogens is 540 g/mol. The Morgan fingerprint density at radius 3 is 2.42 bits per heavy atom. The Morgan fingerprint density at radius 2 is 1.84 bits per heavy atom. The number of para-hydroxylation sites is 1. The molecule has 15 heteroatoms. The number of rotatable bonds is 12. The van der Waals surface area contributed by atoms with Crippen LogP contribution in [0.2, 0.25) is 5.02 Å². The molecule has 0 saturated carbocycles. The fourth-order valence-corrected chi connectivity index (χ4v) is 5.19. The van der Waals surface area contributed by atoms with Gasteiger partial charge in [0.25, 0.3) is 0 Å². The van der Waals surface area contributed by atoms with Crippen molar-refractivity contribution in [3.63, 3.8) is 0 Å². The lowest BCUT2D eigenvalue weighted by atomic mass is 10.2. The van der Waals surface area contributed by atoms with Gasteiger partial charge in [-0.25, -0.2) is 18.4 Å². The molecule has 3 heterocycles. The number of benzene rings is 1. The maximum Gasteiger partial charge on any atom is 0.243 e. The van der Waals surface area contributed by atoms with Crippen LogP contribution in [0.3, 0.4) is 0 Å². The van der Waals surface area contributed by atoms with Crippen LogP contribution < -0.4 is 14.2 Å². The first kappa shape index (κ1) is 28.0. The summed E-state index contributed by atoms with van der Waals surface area (Å²) in [6.45, 7) is 2.59. The highest BCUT2D eigenvalue weighted by Crippen LogP contribution is 2.36. The van der Waals surface area contributed by atoms with Gasteiger partial charge >= 0.3 is 0 Å². The monoisotopic (exact) mass is 568 g/mol. The molecule has 1 aliphatic heterocycles. The largest absolute Gasteiger partial charge is 0.494 e. The van der Waals surface area contributed by atoms with E-state index in [1.165, 1.54) is 45.2 Å². The molecule has 3 atom stereocenters. The highest BCUT2D eigenvalue weighted by molar-refractivity contribution is 7.93. The predicted octanol–water partition coefficient (Wildman–Crippen LogP) is 2.55. The third-order valence-corrected chi connectivity index (χ3v) is 7.88. The van der Waals surface area contributed by atoms with Gasteiger partial charge in [-0.2, -0.15) is 0 Å². The second-order valence-corrected chi connectivity index (χ2v) is 10.8. The number of ether oxygens (including phenoxy) is 5. The summed E-state index contributed by atoms with van der Waals surface area (Å²) >= 11 is 5.88. The van der Waals surface area contributed by atoms with Crippen LogP contribution in [0.25, 0.3) is 5.69 Å². The Labute approximate surface area is 225 Å². The molecular formula is C23H29ClN6O7S. The van der Waals surface area contributed by atoms with Gasteiger partial charge in [0.1, 0.15) is 35.1 Å². The first-order valence-corrected chi connectivity index (χ1v) is 13.6. The number of halogens is 1. The van der Waals surface area contributed by atoms with Crippen molar-refractivity contribution >= 4 is 27.6 Å². The van der Waals surface area contributed by atoms with Gasteiger partial charge in [-0.05, 0) is 25.5 Å². The van der Waals surface area contributed by atoms with Gasteiger partial charge in [0.15, 0.2) is 11.6 Å². The highest BCUT2D eigenvalue weighted by Gasteiger charge is 2.35. The fraction of sp³-hybridized carbons (Fsp3) is 0.478. The number of nitrogens with one attached hydrogen (secondary N) is 1. The molecule has 3 aromatic rings. The number of aromatic nitrogens is 5. The van der Waals surface area contributed by atoms with Crippen molar-refractivity contribution in [2.24, 2.45) is 0 Å². The normalized spacial score (nSPS) is 17.2. The molecule has 0 spiro atoms. The van der Waals surface area contributed by atoms with E-state index in [2.05, 4.69) is 24.9 Å². The summed E-state index contributed by atoms with van der Waals surface area (Å²) in [5.41, 5.74) is 0.401. The van der Waals surface area contributed by atoms with Crippen molar-refractivity contribution in [3.8, 4) is 17.2 Å². The van der Waals surface area contributed by atoms with Gasteiger partial charge in [0.05, 0.1) is 32.0 Å². The Hall–Kier alpha value is -3.04. The number of sulfonamides is 1. The molecule has 3 unspecified atom stereocenters. The zero-order valence-electron chi connectivity index (χ0n) is 21.3. The lowest BCUT2D eigenvalue weighted by Gasteiger charge is -2.23. The third kappa shape index (κ3) is 5.99. The van der Waals surface area contributed by atoms with Crippen LogP contribution in [0, 0.1) is 0 Å². The molecule has 0 amide bonds. The molecule has 0 radical (unpaired) electrons. The highest BCUT2D eigenvalue weighted by atomic mass is 35.5. The van der Waals surface area contributed by atoms with Gasteiger partial charge < -0.3 is 23.7 Å². The smallest absolute Gasteiger partial charge is 0.243 e. The molecule has 13 nitrogen and oxygen atoms in total. The van der Waals surface area contributed by atoms with E-state index >= 15 is 0 Å². The van der Waals surface area contributed by atoms with Crippen LogP contribution in [0.1, 0.15) is 31.1 Å². The Bertz CT molecular complexity index is 1310. The molecule has 1 fully saturated rings. The number of anilines is 1. The number of methoxy groups -OCH3 is 3. The molecule has 1 N–H and O–H groups in total. The molecule has 1 aromatic carbocycles. The maximum absolute atomic E-state index is 13.5. The van der Waals surface area contributed by atoms with Crippen molar-refractivity contribution in [2.75, 3.05) is 39.3 Å². The van der Waals surface area contributed by atoms with Gasteiger partial charge in [-0.3, -0.25) is 9.29 Å². The lowest BCUT2D eigenvalue weighted by molar-refractivity contribution is 0.0277. The summed E-state index contributed by atoms with van der Waals surface area (Å²) in [4.78, 5) is 8.23. The van der Waals surface area contributed by atoms with Gasteiger partial charge in [0.2, 0.25) is 16.0 Å². The first-order chi connectivity index (χ1) is 18.3. The summed E-state index contributed by atoms with van der Waals surface area (Å²) in [7, 11) is 0.242. The minimum absolute atomic E-state index is 0.0405. The molecule has 1 saturated heterocycles. The molecule has 1 aliphatic rings. The van der Waals surface area contributed by atoms with Crippen molar-refractivity contribution in [1.29, 1.82) is 0 Å². The average molecular weight is 569 g/mol. The lowest BCUT2D eigenvalue weighted by Crippen LogP contribution is -2.33. The van der Waals surface area contributed by atoms with E-state index in [9.17, 15) is 8.42 Å². The zero-order valence-corrected chi connectivity index (χ0v) is 22.9. The first-order valence-electron chi connectivity index (χ1n) is 11.7. The van der Waals surface area contributed by atoms with Crippen LogP contribution in [0.15, 0.2) is 30.6 Å². The summed E-state index contributed by atoms with van der Waals surface area (Å²) in [5.74, 6) is 1.22.